The molecule has 6 nitrogen and oxygen atoms in total. The summed E-state index contributed by atoms with van der Waals surface area (Å²) in [7, 11) is 2.98. The predicted octanol–water partition coefficient (Wildman–Crippen LogP) is 2.03. The standard InChI is InChI=1S/C15H21NO5/c1-6-16(15(2,3)14(18)19)13(17)10-7-8-11(20-4)12(9-10)21-5/h7-9H,6H2,1-5H3,(H,18,19). The van der Waals surface area contributed by atoms with Gasteiger partial charge in [-0.1, -0.05) is 0 Å². The van der Waals surface area contributed by atoms with E-state index in [1.807, 2.05) is 0 Å². The van der Waals surface area contributed by atoms with Gasteiger partial charge in [0.15, 0.2) is 11.5 Å². The first-order chi connectivity index (χ1) is 9.79. The van der Waals surface area contributed by atoms with Gasteiger partial charge in [0.1, 0.15) is 5.54 Å². The van der Waals surface area contributed by atoms with Gasteiger partial charge in [0.2, 0.25) is 0 Å². The molecule has 1 aromatic rings. The number of aliphatic carboxylic acids is 1. The van der Waals surface area contributed by atoms with Crippen LogP contribution in [0.5, 0.6) is 11.5 Å². The summed E-state index contributed by atoms with van der Waals surface area (Å²) in [4.78, 5) is 25.2. The van der Waals surface area contributed by atoms with Crippen LogP contribution in [0, 0.1) is 0 Å². The lowest BCUT2D eigenvalue weighted by Crippen LogP contribution is -2.52. The molecule has 21 heavy (non-hydrogen) atoms. The molecule has 0 unspecified atom stereocenters. The maximum Gasteiger partial charge on any atom is 0.329 e. The van der Waals surface area contributed by atoms with Gasteiger partial charge in [-0.25, -0.2) is 4.79 Å². The molecule has 0 atom stereocenters. The van der Waals surface area contributed by atoms with Crippen LogP contribution in [0.4, 0.5) is 0 Å². The Kier molecular flexibility index (Phi) is 5.18. The first kappa shape index (κ1) is 16.8. The van der Waals surface area contributed by atoms with E-state index in [1.54, 1.807) is 25.1 Å². The van der Waals surface area contributed by atoms with Gasteiger partial charge in [0.05, 0.1) is 14.2 Å². The van der Waals surface area contributed by atoms with Crippen LogP contribution in [0.2, 0.25) is 0 Å². The second kappa shape index (κ2) is 6.47. The molecule has 6 heteroatoms. The zero-order chi connectivity index (χ0) is 16.2. The van der Waals surface area contributed by atoms with Gasteiger partial charge in [-0.3, -0.25) is 4.79 Å². The number of amides is 1. The Morgan fingerprint density at radius 2 is 1.76 bits per heavy atom. The largest absolute Gasteiger partial charge is 0.493 e. The number of hydrogen-bond donors (Lipinski definition) is 1. The summed E-state index contributed by atoms with van der Waals surface area (Å²) in [6, 6.07) is 4.75. The molecule has 0 heterocycles. The Morgan fingerprint density at radius 1 is 1.19 bits per heavy atom. The van der Waals surface area contributed by atoms with Crippen molar-refractivity contribution in [2.24, 2.45) is 0 Å². The van der Waals surface area contributed by atoms with Crippen molar-refractivity contribution in [3.05, 3.63) is 23.8 Å². The smallest absolute Gasteiger partial charge is 0.329 e. The van der Waals surface area contributed by atoms with E-state index in [0.29, 0.717) is 17.1 Å². The van der Waals surface area contributed by atoms with Gasteiger partial charge in [-0.2, -0.15) is 0 Å². The molecule has 0 fully saturated rings. The molecule has 1 rings (SSSR count). The molecule has 0 aliphatic heterocycles. The van der Waals surface area contributed by atoms with Gasteiger partial charge in [0.25, 0.3) is 5.91 Å². The van der Waals surface area contributed by atoms with Crippen LogP contribution in [0.3, 0.4) is 0 Å². The molecule has 1 aromatic carbocycles. The summed E-state index contributed by atoms with van der Waals surface area (Å²) >= 11 is 0. The fourth-order valence-corrected chi connectivity index (χ4v) is 2.03. The van der Waals surface area contributed by atoms with E-state index in [0.717, 1.165) is 0 Å². The fourth-order valence-electron chi connectivity index (χ4n) is 2.03. The summed E-state index contributed by atoms with van der Waals surface area (Å²) in [6.45, 7) is 5.02. The number of likely N-dealkylation sites (N-methyl/N-ethyl adjacent to an activating group) is 1. The first-order valence-electron chi connectivity index (χ1n) is 6.57. The van der Waals surface area contributed by atoms with Gasteiger partial charge in [-0.15, -0.1) is 0 Å². The quantitative estimate of drug-likeness (QED) is 0.869. The van der Waals surface area contributed by atoms with E-state index in [4.69, 9.17) is 9.47 Å². The van der Waals surface area contributed by atoms with Crippen LogP contribution in [0.15, 0.2) is 18.2 Å². The minimum absolute atomic E-state index is 0.284. The van der Waals surface area contributed by atoms with Crippen molar-refractivity contribution < 1.29 is 24.2 Å². The highest BCUT2D eigenvalue weighted by Gasteiger charge is 2.37. The molecular formula is C15H21NO5. The minimum atomic E-state index is -1.29. The number of rotatable bonds is 6. The average molecular weight is 295 g/mol. The van der Waals surface area contributed by atoms with Crippen LogP contribution >= 0.6 is 0 Å². The molecule has 0 saturated carbocycles. The summed E-state index contributed by atoms with van der Waals surface area (Å²) in [5.74, 6) is -0.494. The second-order valence-electron chi connectivity index (χ2n) is 4.98. The number of carbonyl (C=O) groups excluding carboxylic acids is 1. The van der Waals surface area contributed by atoms with Crippen LogP contribution in [-0.2, 0) is 4.79 Å². The molecule has 1 N–H and O–H groups in total. The number of methoxy groups -OCH3 is 2. The summed E-state index contributed by atoms with van der Waals surface area (Å²) < 4.78 is 10.3. The molecule has 0 aromatic heterocycles. The van der Waals surface area contributed by atoms with E-state index in [1.165, 1.54) is 33.0 Å². The van der Waals surface area contributed by atoms with Gasteiger partial charge in [0, 0.05) is 12.1 Å². The number of carbonyl (C=O) groups is 2. The maximum atomic E-state index is 12.6. The number of ether oxygens (including phenoxy) is 2. The predicted molar refractivity (Wildman–Crippen MR) is 78.0 cm³/mol. The number of benzene rings is 1. The number of carboxylic acids is 1. The summed E-state index contributed by atoms with van der Waals surface area (Å²) in [5, 5.41) is 9.28. The fraction of sp³-hybridized carbons (Fsp3) is 0.467. The van der Waals surface area contributed by atoms with Gasteiger partial charge in [-0.05, 0) is 39.0 Å². The van der Waals surface area contributed by atoms with Crippen LogP contribution in [0.25, 0.3) is 0 Å². The van der Waals surface area contributed by atoms with Gasteiger partial charge < -0.3 is 19.5 Å². The third-order valence-electron chi connectivity index (χ3n) is 3.39. The van der Waals surface area contributed by atoms with Crippen molar-refractivity contribution in [3.8, 4) is 11.5 Å². The Morgan fingerprint density at radius 3 is 2.19 bits per heavy atom. The third-order valence-corrected chi connectivity index (χ3v) is 3.39. The summed E-state index contributed by atoms with van der Waals surface area (Å²) in [6.07, 6.45) is 0. The molecule has 0 spiro atoms. The lowest BCUT2D eigenvalue weighted by Gasteiger charge is -2.34. The van der Waals surface area contributed by atoms with Crippen molar-refractivity contribution in [1.29, 1.82) is 0 Å². The summed E-state index contributed by atoms with van der Waals surface area (Å²) in [5.41, 5.74) is -0.942. The highest BCUT2D eigenvalue weighted by molar-refractivity contribution is 5.98. The lowest BCUT2D eigenvalue weighted by atomic mass is 10.0. The number of hydrogen-bond acceptors (Lipinski definition) is 4. The molecule has 0 bridgehead atoms. The second-order valence-corrected chi connectivity index (χ2v) is 4.98. The lowest BCUT2D eigenvalue weighted by molar-refractivity contribution is -0.147. The van der Waals surface area contributed by atoms with Crippen molar-refractivity contribution in [3.63, 3.8) is 0 Å². The average Bonchev–Trinajstić information content (AvgIpc) is 2.46. The molecule has 116 valence electrons. The SMILES string of the molecule is CCN(C(=O)c1ccc(OC)c(OC)c1)C(C)(C)C(=O)O. The van der Waals surface area contributed by atoms with Gasteiger partial charge >= 0.3 is 5.97 Å². The molecular weight excluding hydrogens is 274 g/mol. The Bertz CT molecular complexity index is 539. The van der Waals surface area contributed by atoms with Crippen LogP contribution in [0.1, 0.15) is 31.1 Å². The monoisotopic (exact) mass is 295 g/mol. The highest BCUT2D eigenvalue weighted by atomic mass is 16.5. The number of nitrogens with zero attached hydrogens (tertiary/aromatic N) is 1. The Hall–Kier alpha value is -2.24. The maximum absolute atomic E-state index is 12.6. The molecule has 0 radical (unpaired) electrons. The highest BCUT2D eigenvalue weighted by Crippen LogP contribution is 2.29. The minimum Gasteiger partial charge on any atom is -0.493 e. The van der Waals surface area contributed by atoms with E-state index < -0.39 is 11.5 Å². The number of carboxylic acid groups (broad SMARTS) is 1. The normalized spacial score (nSPS) is 10.9. The zero-order valence-corrected chi connectivity index (χ0v) is 13.0. The Balaban J connectivity index is 3.20. The van der Waals surface area contributed by atoms with Crippen LogP contribution in [-0.4, -0.2) is 48.2 Å². The van der Waals surface area contributed by atoms with Crippen LogP contribution < -0.4 is 9.47 Å². The van der Waals surface area contributed by atoms with E-state index in [-0.39, 0.29) is 12.5 Å². The molecule has 0 saturated heterocycles. The molecule has 1 amide bonds. The first-order valence-corrected chi connectivity index (χ1v) is 6.57. The van der Waals surface area contributed by atoms with E-state index in [2.05, 4.69) is 0 Å². The zero-order valence-electron chi connectivity index (χ0n) is 13.0. The Labute approximate surface area is 124 Å². The van der Waals surface area contributed by atoms with Crippen molar-refractivity contribution >= 4 is 11.9 Å². The van der Waals surface area contributed by atoms with E-state index in [9.17, 15) is 14.7 Å². The van der Waals surface area contributed by atoms with Crippen molar-refractivity contribution in [2.45, 2.75) is 26.3 Å². The van der Waals surface area contributed by atoms with Crippen molar-refractivity contribution in [1.82, 2.24) is 4.90 Å². The van der Waals surface area contributed by atoms with E-state index >= 15 is 0 Å². The molecule has 0 aliphatic rings. The third kappa shape index (κ3) is 3.26. The topological polar surface area (TPSA) is 76.1 Å². The molecule has 0 aliphatic carbocycles. The van der Waals surface area contributed by atoms with Crippen molar-refractivity contribution in [2.75, 3.05) is 20.8 Å².